The molecule has 0 fully saturated rings. The van der Waals surface area contributed by atoms with Gasteiger partial charge in [0.2, 0.25) is 0 Å². The summed E-state index contributed by atoms with van der Waals surface area (Å²) in [6.07, 6.45) is 1.24. The van der Waals surface area contributed by atoms with Gasteiger partial charge in [0.15, 0.2) is 5.82 Å². The lowest BCUT2D eigenvalue weighted by atomic mass is 9.99. The number of aryl methyl sites for hydroxylation is 2. The van der Waals surface area contributed by atoms with Crippen molar-refractivity contribution in [3.8, 4) is 22.6 Å². The average Bonchev–Trinajstić information content (AvgIpc) is 3.35. The lowest BCUT2D eigenvalue weighted by molar-refractivity contribution is 0.412. The van der Waals surface area contributed by atoms with E-state index in [0.29, 0.717) is 22.0 Å². The third kappa shape index (κ3) is 4.58. The summed E-state index contributed by atoms with van der Waals surface area (Å²) in [6, 6.07) is 17.0. The second kappa shape index (κ2) is 9.21. The van der Waals surface area contributed by atoms with Crippen LogP contribution in [-0.4, -0.2) is 25.3 Å². The number of hydrogen-bond acceptors (Lipinski definition) is 6. The molecule has 2 heterocycles. The van der Waals surface area contributed by atoms with Crippen LogP contribution in [0.25, 0.3) is 27.7 Å². The van der Waals surface area contributed by atoms with E-state index >= 15 is 4.39 Å². The second-order valence-electron chi connectivity index (χ2n) is 8.60. The molecule has 0 spiro atoms. The van der Waals surface area contributed by atoms with Crippen LogP contribution in [0.3, 0.4) is 0 Å². The Hall–Kier alpha value is -4.44. The van der Waals surface area contributed by atoms with Crippen molar-refractivity contribution >= 4 is 26.7 Å². The molecule has 0 aliphatic rings. The van der Waals surface area contributed by atoms with Gasteiger partial charge in [0.1, 0.15) is 17.8 Å². The highest BCUT2D eigenvalue weighted by Gasteiger charge is 2.20. The van der Waals surface area contributed by atoms with E-state index < -0.39 is 21.4 Å². The summed E-state index contributed by atoms with van der Waals surface area (Å²) < 4.78 is 54.9. The van der Waals surface area contributed by atoms with Gasteiger partial charge in [-0.2, -0.15) is 0 Å². The topological polar surface area (TPSA) is 103 Å². The van der Waals surface area contributed by atoms with E-state index in [-0.39, 0.29) is 22.2 Å². The molecule has 5 aromatic rings. The van der Waals surface area contributed by atoms with Crippen LogP contribution in [0.15, 0.2) is 87.2 Å². The molecule has 2 aromatic heterocycles. The van der Waals surface area contributed by atoms with Crippen LogP contribution in [0.4, 0.5) is 10.2 Å². The number of rotatable bonds is 6. The minimum atomic E-state index is -3.97. The Kier molecular flexibility index (Phi) is 6.04. The molecular formula is C27H22FN3O5S. The minimum Gasteiger partial charge on any atom is -0.495 e. The van der Waals surface area contributed by atoms with Crippen molar-refractivity contribution in [2.75, 3.05) is 11.8 Å². The second-order valence-corrected chi connectivity index (χ2v) is 10.3. The van der Waals surface area contributed by atoms with Gasteiger partial charge in [-0.25, -0.2) is 12.8 Å². The molecule has 5 rings (SSSR count). The van der Waals surface area contributed by atoms with E-state index in [1.165, 1.54) is 60.4 Å². The van der Waals surface area contributed by atoms with Crippen LogP contribution in [0.1, 0.15) is 11.1 Å². The van der Waals surface area contributed by atoms with E-state index in [4.69, 9.17) is 4.74 Å². The number of benzene rings is 3. The molecule has 8 nitrogen and oxygen atoms in total. The van der Waals surface area contributed by atoms with Gasteiger partial charge in [0.25, 0.3) is 15.6 Å². The summed E-state index contributed by atoms with van der Waals surface area (Å²) in [7, 11) is -2.53. The first-order chi connectivity index (χ1) is 17.7. The first-order valence-corrected chi connectivity index (χ1v) is 12.7. The van der Waals surface area contributed by atoms with E-state index in [0.717, 1.165) is 11.1 Å². The van der Waals surface area contributed by atoms with Crippen LogP contribution < -0.4 is 15.0 Å². The lowest BCUT2D eigenvalue weighted by Gasteiger charge is -2.17. The molecule has 0 radical (unpaired) electrons. The van der Waals surface area contributed by atoms with Gasteiger partial charge in [0.05, 0.1) is 23.2 Å². The van der Waals surface area contributed by atoms with Gasteiger partial charge in [0, 0.05) is 29.1 Å². The molecule has 0 bridgehead atoms. The molecule has 3 aromatic carbocycles. The van der Waals surface area contributed by atoms with Crippen LogP contribution in [-0.2, 0) is 10.0 Å². The zero-order valence-electron chi connectivity index (χ0n) is 20.2. The van der Waals surface area contributed by atoms with Gasteiger partial charge < -0.3 is 9.26 Å². The summed E-state index contributed by atoms with van der Waals surface area (Å²) in [5.41, 5.74) is 3.16. The molecule has 1 N–H and O–H groups in total. The molecule has 0 atom stereocenters. The molecule has 37 heavy (non-hydrogen) atoms. The summed E-state index contributed by atoms with van der Waals surface area (Å²) in [5, 5.41) is 4.01. The fourth-order valence-electron chi connectivity index (χ4n) is 4.33. The zero-order chi connectivity index (χ0) is 26.3. The van der Waals surface area contributed by atoms with Crippen molar-refractivity contribution in [3.63, 3.8) is 0 Å². The molecule has 188 valence electrons. The van der Waals surface area contributed by atoms with Gasteiger partial charge in [-0.15, -0.1) is 0 Å². The normalized spacial score (nSPS) is 11.6. The largest absolute Gasteiger partial charge is 0.495 e. The minimum absolute atomic E-state index is 0.0363. The Balaban J connectivity index is 1.65. The van der Waals surface area contributed by atoms with Gasteiger partial charge in [-0.3, -0.25) is 14.1 Å². The van der Waals surface area contributed by atoms with Crippen LogP contribution >= 0.6 is 0 Å². The summed E-state index contributed by atoms with van der Waals surface area (Å²) >= 11 is 0. The Labute approximate surface area is 212 Å². The third-order valence-electron chi connectivity index (χ3n) is 5.89. The first kappa shape index (κ1) is 24.3. The van der Waals surface area contributed by atoms with Crippen molar-refractivity contribution < 1.29 is 22.1 Å². The molecule has 0 amide bonds. The van der Waals surface area contributed by atoms with Gasteiger partial charge in [-0.1, -0.05) is 34.5 Å². The average molecular weight is 520 g/mol. The SMILES string of the molecule is COc1cc(-c2cc(C)cc(C)c2)c(F)cc1-n1c(=O)ccc2cc(S(=O)(=O)Nc3ccon3)ccc21. The van der Waals surface area contributed by atoms with Crippen molar-refractivity contribution in [2.45, 2.75) is 18.7 Å². The number of aromatic nitrogens is 2. The van der Waals surface area contributed by atoms with Crippen LogP contribution in [0, 0.1) is 19.7 Å². The van der Waals surface area contributed by atoms with E-state index in [1.54, 1.807) is 6.07 Å². The van der Waals surface area contributed by atoms with Crippen molar-refractivity contribution in [3.05, 3.63) is 100 Å². The molecule has 0 saturated carbocycles. The Bertz CT molecular complexity index is 1790. The fraction of sp³-hybridized carbons (Fsp3) is 0.111. The lowest BCUT2D eigenvalue weighted by Crippen LogP contribution is -2.19. The number of methoxy groups -OCH3 is 1. The third-order valence-corrected chi connectivity index (χ3v) is 7.25. The number of hydrogen-bond donors (Lipinski definition) is 1. The first-order valence-electron chi connectivity index (χ1n) is 11.2. The Morgan fingerprint density at radius 2 is 1.73 bits per heavy atom. The van der Waals surface area contributed by atoms with Crippen molar-refractivity contribution in [2.24, 2.45) is 0 Å². The number of fused-ring (bicyclic) bond motifs is 1. The predicted molar refractivity (Wildman–Crippen MR) is 138 cm³/mol. The molecule has 0 aliphatic carbocycles. The summed E-state index contributed by atoms with van der Waals surface area (Å²) in [5.74, 6) is -0.204. The van der Waals surface area contributed by atoms with Gasteiger partial charge >= 0.3 is 0 Å². The van der Waals surface area contributed by atoms with E-state index in [1.807, 2.05) is 32.0 Å². The molecular weight excluding hydrogens is 497 g/mol. The van der Waals surface area contributed by atoms with Gasteiger partial charge in [-0.05, 0) is 49.7 Å². The van der Waals surface area contributed by atoms with E-state index in [9.17, 15) is 13.2 Å². The highest BCUT2D eigenvalue weighted by molar-refractivity contribution is 7.92. The maximum Gasteiger partial charge on any atom is 0.263 e. The monoisotopic (exact) mass is 519 g/mol. The fourth-order valence-corrected chi connectivity index (χ4v) is 5.36. The highest BCUT2D eigenvalue weighted by atomic mass is 32.2. The number of anilines is 1. The number of nitrogens with zero attached hydrogens (tertiary/aromatic N) is 2. The summed E-state index contributed by atoms with van der Waals surface area (Å²) in [4.78, 5) is 12.9. The maximum absolute atomic E-state index is 15.5. The highest BCUT2D eigenvalue weighted by Crippen LogP contribution is 2.34. The number of nitrogens with one attached hydrogen (secondary N) is 1. The molecule has 0 aliphatic heterocycles. The van der Waals surface area contributed by atoms with Crippen molar-refractivity contribution in [1.29, 1.82) is 0 Å². The Morgan fingerprint density at radius 3 is 2.41 bits per heavy atom. The number of pyridine rings is 1. The smallest absolute Gasteiger partial charge is 0.263 e. The van der Waals surface area contributed by atoms with E-state index in [2.05, 4.69) is 14.4 Å². The zero-order valence-corrected chi connectivity index (χ0v) is 21.0. The Morgan fingerprint density at radius 1 is 0.973 bits per heavy atom. The number of sulfonamides is 1. The van der Waals surface area contributed by atoms with Crippen LogP contribution in [0.2, 0.25) is 0 Å². The quantitative estimate of drug-likeness (QED) is 0.330. The summed E-state index contributed by atoms with van der Waals surface area (Å²) in [6.45, 7) is 3.87. The number of halogens is 1. The number of ether oxygens (including phenoxy) is 1. The standard InChI is InChI=1S/C27H22FN3O5S/c1-16-10-17(2)12-19(11-16)21-14-25(35-3)24(15-22(21)28)31-23-6-5-20(13-18(23)4-7-27(31)32)37(33,34)30-26-8-9-36-29-26/h4-15H,1-3H3,(H,29,30). The predicted octanol–water partition coefficient (Wildman–Crippen LogP) is 5.21. The van der Waals surface area contributed by atoms with Crippen molar-refractivity contribution in [1.82, 2.24) is 9.72 Å². The maximum atomic E-state index is 15.5. The molecule has 0 unspecified atom stereocenters. The molecule has 10 heteroatoms. The molecule has 0 saturated heterocycles. The van der Waals surface area contributed by atoms with Crippen LogP contribution in [0.5, 0.6) is 5.75 Å².